The van der Waals surface area contributed by atoms with E-state index in [1.807, 2.05) is 13.8 Å². The Kier molecular flexibility index (Phi) is 6.51. The number of methoxy groups -OCH3 is 1. The van der Waals surface area contributed by atoms with Gasteiger partial charge in [-0.25, -0.2) is 4.79 Å². The van der Waals surface area contributed by atoms with Gasteiger partial charge in [0.05, 0.1) is 30.5 Å². The van der Waals surface area contributed by atoms with E-state index < -0.39 is 18.0 Å². The molecular formula is C22H37N3O5. The van der Waals surface area contributed by atoms with Gasteiger partial charge >= 0.3 is 6.03 Å². The van der Waals surface area contributed by atoms with Crippen molar-refractivity contribution in [2.24, 2.45) is 17.6 Å². The van der Waals surface area contributed by atoms with Crippen LogP contribution in [-0.4, -0.2) is 61.1 Å². The average molecular weight is 424 g/mol. The Morgan fingerprint density at radius 1 is 1.33 bits per heavy atom. The summed E-state index contributed by atoms with van der Waals surface area (Å²) in [6.07, 6.45) is 4.48. The lowest BCUT2D eigenvalue weighted by Gasteiger charge is -2.43. The highest BCUT2D eigenvalue weighted by molar-refractivity contribution is 5.86. The molecule has 30 heavy (non-hydrogen) atoms. The SMILES string of the molecule is CO[C@H]1[C@H](NC(=O)NC(C(N)=O)C(C)C)CC[C@]2(CO2)[C@H]1[C@@]1(C)O[C@@H]1CC=C(C)C. The first kappa shape index (κ1) is 23.0. The van der Waals surface area contributed by atoms with E-state index >= 15 is 0 Å². The number of hydrogen-bond donors (Lipinski definition) is 3. The molecule has 0 bridgehead atoms. The van der Waals surface area contributed by atoms with E-state index in [1.54, 1.807) is 7.11 Å². The molecule has 0 aromatic carbocycles. The molecule has 3 amide bonds. The van der Waals surface area contributed by atoms with E-state index in [0.717, 1.165) is 19.3 Å². The van der Waals surface area contributed by atoms with E-state index in [4.69, 9.17) is 19.9 Å². The van der Waals surface area contributed by atoms with Gasteiger partial charge in [-0.3, -0.25) is 4.79 Å². The molecule has 0 aromatic rings. The molecule has 2 heterocycles. The maximum Gasteiger partial charge on any atom is 0.315 e. The summed E-state index contributed by atoms with van der Waals surface area (Å²) in [4.78, 5) is 24.3. The average Bonchev–Trinajstić information content (AvgIpc) is 3.56. The Bertz CT molecular complexity index is 701. The molecule has 1 spiro atoms. The van der Waals surface area contributed by atoms with Crippen molar-refractivity contribution < 1.29 is 23.8 Å². The quantitative estimate of drug-likeness (QED) is 0.407. The molecule has 3 aliphatic rings. The molecule has 8 heteroatoms. The third-order valence-electron chi connectivity index (χ3n) is 6.87. The fourth-order valence-electron chi connectivity index (χ4n) is 5.06. The summed E-state index contributed by atoms with van der Waals surface area (Å²) in [6, 6.07) is -1.34. The van der Waals surface area contributed by atoms with Crippen LogP contribution in [0, 0.1) is 11.8 Å². The third kappa shape index (κ3) is 4.50. The van der Waals surface area contributed by atoms with Crippen molar-refractivity contribution in [3.8, 4) is 0 Å². The minimum Gasteiger partial charge on any atom is -0.379 e. The van der Waals surface area contributed by atoms with Crippen LogP contribution < -0.4 is 16.4 Å². The molecule has 1 saturated carbocycles. The molecule has 170 valence electrons. The van der Waals surface area contributed by atoms with Crippen molar-refractivity contribution >= 4 is 11.9 Å². The lowest BCUT2D eigenvalue weighted by atomic mass is 9.67. The summed E-state index contributed by atoms with van der Waals surface area (Å²) in [5, 5.41) is 5.72. The summed E-state index contributed by atoms with van der Waals surface area (Å²) >= 11 is 0. The maximum atomic E-state index is 12.6. The van der Waals surface area contributed by atoms with Gasteiger partial charge in [0.25, 0.3) is 0 Å². The van der Waals surface area contributed by atoms with Gasteiger partial charge in [-0.1, -0.05) is 25.5 Å². The Labute approximate surface area is 179 Å². The van der Waals surface area contributed by atoms with Crippen LogP contribution in [0.15, 0.2) is 11.6 Å². The zero-order valence-corrected chi connectivity index (χ0v) is 19.0. The molecule has 1 aliphatic carbocycles. The van der Waals surface area contributed by atoms with Gasteiger partial charge < -0.3 is 30.6 Å². The van der Waals surface area contributed by atoms with Crippen LogP contribution in [0.25, 0.3) is 0 Å². The fourth-order valence-corrected chi connectivity index (χ4v) is 5.06. The third-order valence-corrected chi connectivity index (χ3v) is 6.87. The van der Waals surface area contributed by atoms with E-state index in [0.29, 0.717) is 6.61 Å². The molecule has 1 unspecified atom stereocenters. The zero-order valence-electron chi connectivity index (χ0n) is 19.0. The van der Waals surface area contributed by atoms with Crippen LogP contribution >= 0.6 is 0 Å². The topological polar surface area (TPSA) is 119 Å². The number of rotatable bonds is 8. The Balaban J connectivity index is 1.71. The van der Waals surface area contributed by atoms with Crippen LogP contribution in [0.5, 0.6) is 0 Å². The van der Waals surface area contributed by atoms with Crippen molar-refractivity contribution in [3.63, 3.8) is 0 Å². The molecule has 0 aromatic heterocycles. The molecule has 4 N–H and O–H groups in total. The first-order valence-corrected chi connectivity index (χ1v) is 10.9. The van der Waals surface area contributed by atoms with Gasteiger partial charge in [0.15, 0.2) is 0 Å². The number of nitrogens with two attached hydrogens (primary N) is 1. The molecule has 3 fully saturated rings. The summed E-state index contributed by atoms with van der Waals surface area (Å²) in [5.41, 5.74) is 6.10. The second-order valence-corrected chi connectivity index (χ2v) is 9.73. The van der Waals surface area contributed by atoms with Crippen molar-refractivity contribution in [2.75, 3.05) is 13.7 Å². The van der Waals surface area contributed by atoms with Gasteiger partial charge in [0.2, 0.25) is 5.91 Å². The molecular weight excluding hydrogens is 386 g/mol. The molecule has 8 nitrogen and oxygen atoms in total. The summed E-state index contributed by atoms with van der Waals surface area (Å²) in [7, 11) is 1.67. The standard InChI is InChI=1S/C22H37N3O5/c1-12(2)7-8-15-21(5,30-15)18-17(28-6)14(9-10-22(18)11-29-22)24-20(27)25-16(13(3)4)19(23)26/h7,13-18H,8-11H2,1-6H3,(H2,23,26)(H2,24,25,27)/t14-,15-,16?,17+,18-,21+,22+/m1/s1. The van der Waals surface area contributed by atoms with Crippen molar-refractivity contribution in [3.05, 3.63) is 11.6 Å². The number of amides is 3. The predicted octanol–water partition coefficient (Wildman–Crippen LogP) is 1.87. The molecule has 3 rings (SSSR count). The summed E-state index contributed by atoms with van der Waals surface area (Å²) in [5.74, 6) is -0.624. The number of ether oxygens (including phenoxy) is 3. The number of nitrogens with one attached hydrogen (secondary N) is 2. The van der Waals surface area contributed by atoms with E-state index in [9.17, 15) is 9.59 Å². The second-order valence-electron chi connectivity index (χ2n) is 9.73. The van der Waals surface area contributed by atoms with E-state index in [1.165, 1.54) is 5.57 Å². The maximum absolute atomic E-state index is 12.6. The highest BCUT2D eigenvalue weighted by Gasteiger charge is 2.71. The van der Waals surface area contributed by atoms with Crippen molar-refractivity contribution in [1.29, 1.82) is 0 Å². The first-order valence-electron chi connectivity index (χ1n) is 10.9. The Hall–Kier alpha value is -1.64. The van der Waals surface area contributed by atoms with Crippen LogP contribution in [0.1, 0.15) is 53.9 Å². The van der Waals surface area contributed by atoms with Gasteiger partial charge in [-0.15, -0.1) is 0 Å². The number of allylic oxidation sites excluding steroid dienone is 1. The van der Waals surface area contributed by atoms with Crippen LogP contribution in [-0.2, 0) is 19.0 Å². The van der Waals surface area contributed by atoms with Crippen molar-refractivity contribution in [2.45, 2.75) is 89.4 Å². The number of carbonyl (C=O) groups excluding carboxylic acids is 2. The number of urea groups is 1. The van der Waals surface area contributed by atoms with Gasteiger partial charge in [0, 0.05) is 13.0 Å². The number of epoxide rings is 2. The van der Waals surface area contributed by atoms with Crippen LogP contribution in [0.3, 0.4) is 0 Å². The predicted molar refractivity (Wildman–Crippen MR) is 113 cm³/mol. The highest BCUT2D eigenvalue weighted by atomic mass is 16.6. The summed E-state index contributed by atoms with van der Waals surface area (Å²) < 4.78 is 18.1. The lowest BCUT2D eigenvalue weighted by Crippen LogP contribution is -2.61. The number of primary amides is 1. The van der Waals surface area contributed by atoms with Crippen LogP contribution in [0.2, 0.25) is 0 Å². The van der Waals surface area contributed by atoms with E-state index in [2.05, 4.69) is 37.5 Å². The van der Waals surface area contributed by atoms with Gasteiger partial charge in [0.1, 0.15) is 11.6 Å². The zero-order chi connectivity index (χ0) is 22.3. The Morgan fingerprint density at radius 2 is 2.00 bits per heavy atom. The normalized spacial score (nSPS) is 38.1. The smallest absolute Gasteiger partial charge is 0.315 e. The first-order chi connectivity index (χ1) is 14.0. The summed E-state index contributed by atoms with van der Waals surface area (Å²) in [6.45, 7) is 10.7. The fraction of sp³-hybridized carbons (Fsp3) is 0.818. The lowest BCUT2D eigenvalue weighted by molar-refractivity contribution is -0.120. The largest absolute Gasteiger partial charge is 0.379 e. The van der Waals surface area contributed by atoms with Gasteiger partial charge in [-0.2, -0.15) is 0 Å². The molecule has 0 radical (unpaired) electrons. The minimum atomic E-state index is -0.721. The van der Waals surface area contributed by atoms with Crippen molar-refractivity contribution in [1.82, 2.24) is 10.6 Å². The molecule has 2 saturated heterocycles. The molecule has 2 aliphatic heterocycles. The monoisotopic (exact) mass is 423 g/mol. The minimum absolute atomic E-state index is 0.0154. The second kappa shape index (κ2) is 8.48. The van der Waals surface area contributed by atoms with Gasteiger partial charge in [-0.05, 0) is 46.0 Å². The Morgan fingerprint density at radius 3 is 2.50 bits per heavy atom. The highest BCUT2D eigenvalue weighted by Crippen LogP contribution is 2.59. The van der Waals surface area contributed by atoms with Crippen LogP contribution in [0.4, 0.5) is 4.79 Å². The van der Waals surface area contributed by atoms with E-state index in [-0.39, 0.29) is 41.3 Å². The number of hydrogen-bond acceptors (Lipinski definition) is 5. The molecule has 7 atom stereocenters. The number of carbonyl (C=O) groups is 2.